The first-order valence-corrected chi connectivity index (χ1v) is 17.9. The first-order chi connectivity index (χ1) is 24.7. The molecule has 1 unspecified atom stereocenters. The molecular formula is C36H39ClN2O12S. The number of benzene rings is 3. The molecule has 1 aliphatic carbocycles. The highest BCUT2D eigenvalue weighted by molar-refractivity contribution is 7.89. The molecule has 0 fully saturated rings. The maximum absolute atomic E-state index is 14.4. The summed E-state index contributed by atoms with van der Waals surface area (Å²) in [6.07, 6.45) is -0.253. The van der Waals surface area contributed by atoms with Gasteiger partial charge in [0, 0.05) is 42.9 Å². The summed E-state index contributed by atoms with van der Waals surface area (Å²) < 4.78 is 57.0. The second-order valence-electron chi connectivity index (χ2n) is 12.3. The highest BCUT2D eigenvalue weighted by atomic mass is 35.5. The van der Waals surface area contributed by atoms with Gasteiger partial charge in [0.2, 0.25) is 33.1 Å². The Morgan fingerprint density at radius 2 is 1.58 bits per heavy atom. The van der Waals surface area contributed by atoms with E-state index in [0.29, 0.717) is 12.0 Å². The van der Waals surface area contributed by atoms with Crippen molar-refractivity contribution in [3.8, 4) is 34.5 Å². The monoisotopic (exact) mass is 758 g/mol. The SMILES string of the molecule is COc1cc(OC)c2c(c1Cl)O[C@]1(C2=O)C(O)=C(C(CC(=O)NCCc2ccc(S(N)(=O)=O)cc2)c2cc(OC)c(OC)c(OC)c2)C(=O)C[C@H]1C. The van der Waals surface area contributed by atoms with Crippen molar-refractivity contribution in [2.24, 2.45) is 11.1 Å². The first-order valence-electron chi connectivity index (χ1n) is 16.0. The average Bonchev–Trinajstić information content (AvgIpc) is 3.44. The van der Waals surface area contributed by atoms with Gasteiger partial charge in [-0.2, -0.15) is 0 Å². The molecule has 5 rings (SSSR count). The van der Waals surface area contributed by atoms with E-state index in [1.807, 2.05) is 0 Å². The van der Waals surface area contributed by atoms with Gasteiger partial charge in [0.1, 0.15) is 22.1 Å². The van der Waals surface area contributed by atoms with Gasteiger partial charge in [-0.05, 0) is 41.8 Å². The van der Waals surface area contributed by atoms with Crippen molar-refractivity contribution in [3.63, 3.8) is 0 Å². The molecule has 1 spiro atoms. The van der Waals surface area contributed by atoms with Crippen molar-refractivity contribution in [1.82, 2.24) is 5.32 Å². The van der Waals surface area contributed by atoms with Gasteiger partial charge in [0.15, 0.2) is 28.8 Å². The number of sulfonamides is 1. The van der Waals surface area contributed by atoms with E-state index in [1.54, 1.807) is 31.2 Å². The summed E-state index contributed by atoms with van der Waals surface area (Å²) in [6, 6.07) is 10.5. The number of aliphatic hydroxyl groups is 1. The molecule has 0 radical (unpaired) electrons. The standard InChI is InChI=1S/C36H39ClN2O12S/c1-18-13-23(40)29(34(42)36(18)35(43)30-24(46-2)17-25(47-3)31(37)33(30)51-36)22(20-14-26(48-4)32(50-6)27(15-20)49-5)16-28(41)39-12-11-19-7-9-21(10-8-19)52(38,44)45/h7-10,14-15,17-18,22,42H,11-13,16H2,1-6H3,(H,39,41)(H2,38,44,45)/t18-,22?,36+/m1/s1. The van der Waals surface area contributed by atoms with Crippen LogP contribution in [0.1, 0.15) is 47.2 Å². The molecular weight excluding hydrogens is 720 g/mol. The number of ether oxygens (including phenoxy) is 6. The van der Waals surface area contributed by atoms with Crippen LogP contribution in [-0.4, -0.2) is 78.7 Å². The Kier molecular flexibility index (Phi) is 11.0. The fourth-order valence-corrected chi connectivity index (χ4v) is 7.46. The minimum atomic E-state index is -3.86. The van der Waals surface area contributed by atoms with Crippen LogP contribution in [0.3, 0.4) is 0 Å². The number of hydrogen-bond donors (Lipinski definition) is 3. The van der Waals surface area contributed by atoms with E-state index in [0.717, 1.165) is 5.56 Å². The number of fused-ring (bicyclic) bond motifs is 1. The minimum Gasteiger partial charge on any atom is -0.507 e. The van der Waals surface area contributed by atoms with E-state index in [2.05, 4.69) is 5.32 Å². The maximum atomic E-state index is 14.4. The lowest BCUT2D eigenvalue weighted by molar-refractivity contribution is -0.121. The molecule has 52 heavy (non-hydrogen) atoms. The summed E-state index contributed by atoms with van der Waals surface area (Å²) in [5.41, 5.74) is -1.27. The molecule has 3 aromatic rings. The van der Waals surface area contributed by atoms with Gasteiger partial charge < -0.3 is 38.8 Å². The van der Waals surface area contributed by atoms with Crippen molar-refractivity contribution in [2.45, 2.75) is 42.6 Å². The Labute approximate surface area is 305 Å². The number of carbonyl (C=O) groups is 3. The lowest BCUT2D eigenvalue weighted by Crippen LogP contribution is -2.53. The van der Waals surface area contributed by atoms with Gasteiger partial charge in [-0.25, -0.2) is 13.6 Å². The van der Waals surface area contributed by atoms with E-state index in [9.17, 15) is 27.9 Å². The lowest BCUT2D eigenvalue weighted by Gasteiger charge is -2.38. The predicted molar refractivity (Wildman–Crippen MR) is 189 cm³/mol. The van der Waals surface area contributed by atoms with Gasteiger partial charge in [0.25, 0.3) is 0 Å². The van der Waals surface area contributed by atoms with Crippen molar-refractivity contribution in [2.75, 3.05) is 42.1 Å². The van der Waals surface area contributed by atoms with Crippen molar-refractivity contribution in [3.05, 3.63) is 75.5 Å². The molecule has 1 heterocycles. The molecule has 4 N–H and O–H groups in total. The second-order valence-corrected chi connectivity index (χ2v) is 14.2. The Bertz CT molecular complexity index is 2040. The molecule has 0 saturated carbocycles. The number of halogens is 1. The van der Waals surface area contributed by atoms with E-state index >= 15 is 0 Å². The topological polar surface area (TPSA) is 199 Å². The van der Waals surface area contributed by atoms with E-state index in [1.165, 1.54) is 53.7 Å². The fourth-order valence-electron chi connectivity index (χ4n) is 6.68. The van der Waals surface area contributed by atoms with Gasteiger partial charge >= 0.3 is 0 Å². The number of allylic oxidation sites excluding steroid dienone is 1. The molecule has 3 aromatic carbocycles. The Morgan fingerprint density at radius 1 is 0.981 bits per heavy atom. The van der Waals surface area contributed by atoms with Crippen LogP contribution in [0.2, 0.25) is 5.02 Å². The largest absolute Gasteiger partial charge is 0.507 e. The zero-order valence-corrected chi connectivity index (χ0v) is 30.9. The number of rotatable bonds is 13. The number of methoxy groups -OCH3 is 5. The Morgan fingerprint density at radius 3 is 2.12 bits per heavy atom. The quantitative estimate of drug-likeness (QED) is 0.224. The lowest BCUT2D eigenvalue weighted by atomic mass is 9.69. The van der Waals surface area contributed by atoms with Crippen LogP contribution in [0.5, 0.6) is 34.5 Å². The molecule has 1 amide bonds. The fraction of sp³-hybridized carbons (Fsp3) is 0.361. The molecule has 0 aromatic heterocycles. The Balaban J connectivity index is 1.58. The third-order valence-electron chi connectivity index (χ3n) is 9.33. The van der Waals surface area contributed by atoms with Crippen LogP contribution >= 0.6 is 11.6 Å². The summed E-state index contributed by atoms with van der Waals surface area (Å²) in [5.74, 6) is -3.50. The van der Waals surface area contributed by atoms with E-state index in [-0.39, 0.29) is 74.9 Å². The normalized spacial score (nSPS) is 18.8. The first kappa shape index (κ1) is 38.2. The van der Waals surface area contributed by atoms with Gasteiger partial charge in [-0.3, -0.25) is 14.4 Å². The second kappa shape index (κ2) is 14.9. The number of amides is 1. The molecule has 0 saturated heterocycles. The van der Waals surface area contributed by atoms with E-state index in [4.69, 9.17) is 45.2 Å². The van der Waals surface area contributed by atoms with Gasteiger partial charge in [-0.1, -0.05) is 30.7 Å². The van der Waals surface area contributed by atoms with Crippen molar-refractivity contribution >= 4 is 39.1 Å². The average molecular weight is 759 g/mol. The minimum absolute atomic E-state index is 0.0261. The zero-order chi connectivity index (χ0) is 38.1. The number of nitrogens with two attached hydrogens (primary N) is 1. The molecule has 14 nitrogen and oxygen atoms in total. The third-order valence-corrected chi connectivity index (χ3v) is 10.6. The summed E-state index contributed by atoms with van der Waals surface area (Å²) >= 11 is 6.61. The van der Waals surface area contributed by atoms with Crippen LogP contribution < -0.4 is 38.9 Å². The summed E-state index contributed by atoms with van der Waals surface area (Å²) in [5, 5.41) is 20.2. The third kappa shape index (κ3) is 6.71. The van der Waals surface area contributed by atoms with Crippen molar-refractivity contribution < 1.29 is 56.3 Å². The highest BCUT2D eigenvalue weighted by Crippen LogP contribution is 2.56. The summed E-state index contributed by atoms with van der Waals surface area (Å²) in [4.78, 5) is 42.0. The van der Waals surface area contributed by atoms with E-state index < -0.39 is 50.7 Å². The number of ketones is 2. The number of nitrogens with one attached hydrogen (secondary N) is 1. The smallest absolute Gasteiger partial charge is 0.238 e. The molecule has 2 aliphatic rings. The number of carbonyl (C=O) groups excluding carboxylic acids is 3. The van der Waals surface area contributed by atoms with Crippen molar-refractivity contribution in [1.29, 1.82) is 0 Å². The summed E-state index contributed by atoms with van der Waals surface area (Å²) in [6.45, 7) is 1.75. The molecule has 1 aliphatic heterocycles. The molecule has 16 heteroatoms. The Hall–Kier alpha value is -4.99. The van der Waals surface area contributed by atoms with Crippen LogP contribution in [-0.2, 0) is 26.0 Å². The van der Waals surface area contributed by atoms with Crippen LogP contribution in [0.15, 0.2) is 58.7 Å². The van der Waals surface area contributed by atoms with Crippen LogP contribution in [0.4, 0.5) is 0 Å². The predicted octanol–water partition coefficient (Wildman–Crippen LogP) is 4.30. The van der Waals surface area contributed by atoms with Crippen LogP contribution in [0, 0.1) is 5.92 Å². The maximum Gasteiger partial charge on any atom is 0.238 e. The van der Waals surface area contributed by atoms with Crippen LogP contribution in [0.25, 0.3) is 0 Å². The molecule has 0 bridgehead atoms. The van der Waals surface area contributed by atoms with Gasteiger partial charge in [0.05, 0.1) is 40.4 Å². The molecule has 278 valence electrons. The number of primary sulfonamides is 1. The highest BCUT2D eigenvalue weighted by Gasteiger charge is 2.61. The molecule has 3 atom stereocenters. The number of Topliss-reactive ketones (excluding diaryl/α,β-unsaturated/α-hetero) is 2. The summed E-state index contributed by atoms with van der Waals surface area (Å²) in [7, 11) is 3.11. The number of aliphatic hydroxyl groups excluding tert-OH is 1. The zero-order valence-electron chi connectivity index (χ0n) is 29.3. The van der Waals surface area contributed by atoms with Gasteiger partial charge in [-0.15, -0.1) is 0 Å². The number of hydrogen-bond acceptors (Lipinski definition) is 12.